The van der Waals surface area contributed by atoms with Crippen LogP contribution in [0.4, 0.5) is 0 Å². The molecule has 0 fully saturated rings. The third-order valence-electron chi connectivity index (χ3n) is 2.58. The van der Waals surface area contributed by atoms with Crippen molar-refractivity contribution < 1.29 is 14.3 Å². The Hall–Kier alpha value is -1.60. The zero-order valence-electron chi connectivity index (χ0n) is 10.6. The summed E-state index contributed by atoms with van der Waals surface area (Å²) in [6.07, 6.45) is 0.599. The fraction of sp³-hybridized carbons (Fsp3) is 0.231. The van der Waals surface area contributed by atoms with Crippen molar-refractivity contribution in [3.05, 3.63) is 44.9 Å². The molecule has 0 bridgehead atoms. The first kappa shape index (κ1) is 14.8. The highest BCUT2D eigenvalue weighted by molar-refractivity contribution is 9.10. The van der Waals surface area contributed by atoms with E-state index in [0.717, 1.165) is 16.0 Å². The van der Waals surface area contributed by atoms with Crippen LogP contribution in [0, 0.1) is 0 Å². The first-order valence-electron chi connectivity index (χ1n) is 5.89. The first-order chi connectivity index (χ1) is 9.61. The summed E-state index contributed by atoms with van der Waals surface area (Å²) in [5, 5.41) is 3.83. The van der Waals surface area contributed by atoms with E-state index in [2.05, 4.69) is 25.5 Å². The molecule has 0 aliphatic heterocycles. The number of carbonyl (C=O) groups excluding carboxylic acids is 2. The number of hydrogen-bond donors (Lipinski definition) is 0. The van der Waals surface area contributed by atoms with Crippen LogP contribution in [-0.2, 0) is 11.2 Å². The van der Waals surface area contributed by atoms with E-state index < -0.39 is 5.97 Å². The molecule has 2 aromatic rings. The number of ether oxygens (including phenoxy) is 1. The lowest BCUT2D eigenvalue weighted by Gasteiger charge is -2.03. The van der Waals surface area contributed by atoms with E-state index in [9.17, 15) is 9.59 Å². The molecule has 0 amide bonds. The van der Waals surface area contributed by atoms with Gasteiger partial charge in [0.1, 0.15) is 0 Å². The van der Waals surface area contributed by atoms with Gasteiger partial charge in [0.25, 0.3) is 0 Å². The number of ketones is 1. The summed E-state index contributed by atoms with van der Waals surface area (Å²) in [6, 6.07) is 6.87. The molecule has 0 aliphatic rings. The first-order valence-corrected chi connectivity index (χ1v) is 7.45. The molecule has 2 rings (SSSR count). The van der Waals surface area contributed by atoms with Crippen LogP contribution in [0.3, 0.4) is 0 Å². The van der Waals surface area contributed by atoms with Crippen LogP contribution in [0.5, 0.6) is 0 Å². The van der Waals surface area contributed by atoms with Gasteiger partial charge >= 0.3 is 5.97 Å². The molecule has 104 valence electrons. The molecular weight excluding hydrogens is 344 g/mol. The highest BCUT2D eigenvalue weighted by atomic mass is 79.9. The van der Waals surface area contributed by atoms with E-state index in [4.69, 9.17) is 4.74 Å². The molecule has 1 aromatic carbocycles. The average molecular weight is 355 g/mol. The van der Waals surface area contributed by atoms with Gasteiger partial charge in [-0.15, -0.1) is 5.10 Å². The third kappa shape index (κ3) is 3.49. The number of aryl methyl sites for hydroxylation is 1. The second-order valence-corrected chi connectivity index (χ2v) is 5.58. The molecule has 20 heavy (non-hydrogen) atoms. The molecule has 0 N–H and O–H groups in total. The molecule has 1 heterocycles. The topological polar surface area (TPSA) is 69.2 Å². The maximum atomic E-state index is 11.9. The van der Waals surface area contributed by atoms with Crippen molar-refractivity contribution >= 4 is 39.2 Å². The molecule has 0 radical (unpaired) electrons. The SMILES string of the molecule is CCc1nnsc1C(=O)OCC(=O)c1ccc(Br)cc1. The van der Waals surface area contributed by atoms with E-state index in [-0.39, 0.29) is 12.4 Å². The van der Waals surface area contributed by atoms with Crippen molar-refractivity contribution in [1.82, 2.24) is 9.59 Å². The van der Waals surface area contributed by atoms with Crippen molar-refractivity contribution in [2.45, 2.75) is 13.3 Å². The van der Waals surface area contributed by atoms with Crippen molar-refractivity contribution in [3.63, 3.8) is 0 Å². The number of halogens is 1. The summed E-state index contributed by atoms with van der Waals surface area (Å²) in [7, 11) is 0. The summed E-state index contributed by atoms with van der Waals surface area (Å²) in [5.41, 5.74) is 1.09. The van der Waals surface area contributed by atoms with E-state index in [0.29, 0.717) is 22.6 Å². The van der Waals surface area contributed by atoms with E-state index in [1.807, 2.05) is 6.92 Å². The molecular formula is C13H11BrN2O3S. The largest absolute Gasteiger partial charge is 0.453 e. The molecule has 1 aromatic heterocycles. The van der Waals surface area contributed by atoms with Crippen LogP contribution < -0.4 is 0 Å². The molecule has 7 heteroatoms. The van der Waals surface area contributed by atoms with Crippen LogP contribution in [0.25, 0.3) is 0 Å². The predicted molar refractivity (Wildman–Crippen MR) is 78.0 cm³/mol. The van der Waals surface area contributed by atoms with Crippen LogP contribution in [0.15, 0.2) is 28.7 Å². The summed E-state index contributed by atoms with van der Waals surface area (Å²) < 4.78 is 9.60. The lowest BCUT2D eigenvalue weighted by Crippen LogP contribution is -2.14. The van der Waals surface area contributed by atoms with Crippen LogP contribution >= 0.6 is 27.5 Å². The third-order valence-corrected chi connectivity index (χ3v) is 3.85. The van der Waals surface area contributed by atoms with Gasteiger partial charge in [0, 0.05) is 10.0 Å². The molecule has 0 atom stereocenters. The number of Topliss-reactive ketones (excluding diaryl/α,β-unsaturated/α-hetero) is 1. The smallest absolute Gasteiger partial charge is 0.352 e. The number of rotatable bonds is 5. The molecule has 0 saturated carbocycles. The zero-order chi connectivity index (χ0) is 14.5. The summed E-state index contributed by atoms with van der Waals surface area (Å²) in [4.78, 5) is 24.0. The van der Waals surface area contributed by atoms with Crippen LogP contribution in [0.2, 0.25) is 0 Å². The quantitative estimate of drug-likeness (QED) is 0.609. The van der Waals surface area contributed by atoms with E-state index >= 15 is 0 Å². The van der Waals surface area contributed by atoms with Gasteiger partial charge in [-0.3, -0.25) is 4.79 Å². The van der Waals surface area contributed by atoms with Gasteiger partial charge in [0.2, 0.25) is 0 Å². The van der Waals surface area contributed by atoms with Gasteiger partial charge in [-0.05, 0) is 30.1 Å². The monoisotopic (exact) mass is 354 g/mol. The van der Waals surface area contributed by atoms with Gasteiger partial charge < -0.3 is 4.74 Å². The van der Waals surface area contributed by atoms with Gasteiger partial charge in [-0.25, -0.2) is 4.79 Å². The Morgan fingerprint density at radius 1 is 1.30 bits per heavy atom. The Labute approximate surface area is 128 Å². The van der Waals surface area contributed by atoms with E-state index in [1.54, 1.807) is 24.3 Å². The lowest BCUT2D eigenvalue weighted by molar-refractivity contribution is 0.0478. The second-order valence-electron chi connectivity index (χ2n) is 3.91. The van der Waals surface area contributed by atoms with Gasteiger partial charge in [-0.1, -0.05) is 39.5 Å². The standard InChI is InChI=1S/C13H11BrN2O3S/c1-2-10-12(20-16-15-10)13(18)19-7-11(17)8-3-5-9(14)6-4-8/h3-6H,2,7H2,1H3. The number of hydrogen-bond acceptors (Lipinski definition) is 6. The Morgan fingerprint density at radius 3 is 2.65 bits per heavy atom. The fourth-order valence-corrected chi connectivity index (χ4v) is 2.42. The lowest BCUT2D eigenvalue weighted by atomic mass is 10.1. The molecule has 0 unspecified atom stereocenters. The molecule has 5 nitrogen and oxygen atoms in total. The number of aromatic nitrogens is 2. The Bertz CT molecular complexity index is 625. The minimum absolute atomic E-state index is 0.249. The molecule has 0 aliphatic carbocycles. The number of carbonyl (C=O) groups is 2. The highest BCUT2D eigenvalue weighted by Gasteiger charge is 2.18. The summed E-state index contributed by atoms with van der Waals surface area (Å²) in [6.45, 7) is 1.59. The van der Waals surface area contributed by atoms with E-state index in [1.165, 1.54) is 0 Å². The second kappa shape index (κ2) is 6.71. The van der Waals surface area contributed by atoms with Gasteiger partial charge in [-0.2, -0.15) is 0 Å². The Kier molecular flexibility index (Phi) is 4.97. The van der Waals surface area contributed by atoms with Crippen molar-refractivity contribution in [2.24, 2.45) is 0 Å². The normalized spacial score (nSPS) is 10.3. The number of nitrogens with zero attached hydrogens (tertiary/aromatic N) is 2. The van der Waals surface area contributed by atoms with Crippen molar-refractivity contribution in [2.75, 3.05) is 6.61 Å². The summed E-state index contributed by atoms with van der Waals surface area (Å²) >= 11 is 4.27. The van der Waals surface area contributed by atoms with Crippen LogP contribution in [0.1, 0.15) is 32.6 Å². The van der Waals surface area contributed by atoms with Gasteiger partial charge in [0.05, 0.1) is 5.69 Å². The molecule has 0 spiro atoms. The fourth-order valence-electron chi connectivity index (χ4n) is 1.51. The maximum Gasteiger partial charge on any atom is 0.352 e. The van der Waals surface area contributed by atoms with Gasteiger partial charge in [0.15, 0.2) is 17.3 Å². The predicted octanol–water partition coefficient (Wildman–Crippen LogP) is 2.90. The molecule has 0 saturated heterocycles. The zero-order valence-corrected chi connectivity index (χ0v) is 13.0. The minimum Gasteiger partial charge on any atom is -0.453 e. The summed E-state index contributed by atoms with van der Waals surface area (Å²) in [5.74, 6) is -0.802. The number of esters is 1. The highest BCUT2D eigenvalue weighted by Crippen LogP contribution is 2.14. The average Bonchev–Trinajstić information content (AvgIpc) is 2.93. The minimum atomic E-state index is -0.553. The Morgan fingerprint density at radius 2 is 2.00 bits per heavy atom. The van der Waals surface area contributed by atoms with Crippen molar-refractivity contribution in [3.8, 4) is 0 Å². The maximum absolute atomic E-state index is 11.9. The van der Waals surface area contributed by atoms with Crippen molar-refractivity contribution in [1.29, 1.82) is 0 Å². The Balaban J connectivity index is 1.96. The van der Waals surface area contributed by atoms with Crippen LogP contribution in [-0.4, -0.2) is 27.9 Å². The number of benzene rings is 1.